The quantitative estimate of drug-likeness (QED) is 0.835. The molecule has 1 aliphatic heterocycles. The third-order valence-electron chi connectivity index (χ3n) is 4.99. The predicted octanol–water partition coefficient (Wildman–Crippen LogP) is 3.00. The molecule has 2 heterocycles. The van der Waals surface area contributed by atoms with Gasteiger partial charge in [0.25, 0.3) is 11.8 Å². The van der Waals surface area contributed by atoms with Crippen LogP contribution in [0.5, 0.6) is 5.75 Å². The van der Waals surface area contributed by atoms with Gasteiger partial charge in [0.05, 0.1) is 5.56 Å². The van der Waals surface area contributed by atoms with Gasteiger partial charge >= 0.3 is 0 Å². The molecule has 1 aromatic heterocycles. The maximum atomic E-state index is 12.4. The molecule has 2 amide bonds. The van der Waals surface area contributed by atoms with Crippen molar-refractivity contribution in [1.82, 2.24) is 15.2 Å². The number of rotatable bonds is 6. The summed E-state index contributed by atoms with van der Waals surface area (Å²) in [5, 5.41) is 3.02. The highest BCUT2D eigenvalue weighted by Gasteiger charge is 2.24. The number of aromatic nitrogens is 1. The first-order valence-electron chi connectivity index (χ1n) is 9.74. The summed E-state index contributed by atoms with van der Waals surface area (Å²) >= 11 is 0. The number of hydrogen-bond donors (Lipinski definition) is 1. The third kappa shape index (κ3) is 5.31. The molecule has 1 fully saturated rings. The van der Waals surface area contributed by atoms with E-state index in [1.165, 1.54) is 5.56 Å². The highest BCUT2D eigenvalue weighted by molar-refractivity contribution is 5.94. The summed E-state index contributed by atoms with van der Waals surface area (Å²) in [4.78, 5) is 30.4. The molecular formula is C22H27N3O3. The van der Waals surface area contributed by atoms with Crippen molar-refractivity contribution in [2.24, 2.45) is 0 Å². The number of carbonyl (C=O) groups excluding carboxylic acids is 2. The van der Waals surface area contributed by atoms with Crippen molar-refractivity contribution < 1.29 is 14.3 Å². The van der Waals surface area contributed by atoms with E-state index in [0.29, 0.717) is 24.6 Å². The Morgan fingerprint density at radius 1 is 1.21 bits per heavy atom. The molecule has 6 nitrogen and oxygen atoms in total. The Morgan fingerprint density at radius 2 is 2.00 bits per heavy atom. The molecule has 1 saturated heterocycles. The Balaban J connectivity index is 1.44. The Labute approximate surface area is 165 Å². The van der Waals surface area contributed by atoms with E-state index >= 15 is 0 Å². The van der Waals surface area contributed by atoms with Crippen LogP contribution in [0.4, 0.5) is 0 Å². The number of nitrogens with zero attached hydrogens (tertiary/aromatic N) is 2. The fourth-order valence-electron chi connectivity index (χ4n) is 3.24. The topological polar surface area (TPSA) is 71.5 Å². The fraction of sp³-hybridized carbons (Fsp3) is 0.409. The molecule has 6 heteroatoms. The molecule has 2 aromatic rings. The number of nitrogens with one attached hydrogen (secondary N) is 1. The number of ether oxygens (including phenoxy) is 1. The summed E-state index contributed by atoms with van der Waals surface area (Å²) < 4.78 is 5.69. The van der Waals surface area contributed by atoms with Crippen LogP contribution in [0.25, 0.3) is 0 Å². The van der Waals surface area contributed by atoms with Gasteiger partial charge in [-0.3, -0.25) is 14.6 Å². The maximum Gasteiger partial charge on any atom is 0.260 e. The van der Waals surface area contributed by atoms with Crippen LogP contribution in [-0.2, 0) is 4.79 Å². The lowest BCUT2D eigenvalue weighted by Crippen LogP contribution is -2.47. The summed E-state index contributed by atoms with van der Waals surface area (Å²) in [6.07, 6.45) is 4.67. The molecule has 1 aromatic carbocycles. The molecule has 0 saturated carbocycles. The van der Waals surface area contributed by atoms with E-state index in [2.05, 4.69) is 30.2 Å². The second-order valence-electron chi connectivity index (χ2n) is 7.39. The minimum atomic E-state index is -0.119. The van der Waals surface area contributed by atoms with Crippen molar-refractivity contribution in [2.45, 2.75) is 38.6 Å². The number of benzene rings is 1. The van der Waals surface area contributed by atoms with Crippen LogP contribution >= 0.6 is 0 Å². The zero-order chi connectivity index (χ0) is 19.9. The van der Waals surface area contributed by atoms with Gasteiger partial charge in [0.1, 0.15) is 5.75 Å². The molecule has 148 valence electrons. The number of likely N-dealkylation sites (tertiary alicyclic amines) is 1. The Kier molecular flexibility index (Phi) is 6.63. The molecular weight excluding hydrogens is 354 g/mol. The number of hydrogen-bond acceptors (Lipinski definition) is 4. The predicted molar refractivity (Wildman–Crippen MR) is 107 cm³/mol. The minimum absolute atomic E-state index is 0.0213. The van der Waals surface area contributed by atoms with Crippen molar-refractivity contribution in [3.63, 3.8) is 0 Å². The smallest absolute Gasteiger partial charge is 0.260 e. The van der Waals surface area contributed by atoms with Gasteiger partial charge in [0.2, 0.25) is 0 Å². The third-order valence-corrected chi connectivity index (χ3v) is 4.99. The fourth-order valence-corrected chi connectivity index (χ4v) is 3.24. The van der Waals surface area contributed by atoms with Crippen molar-refractivity contribution in [1.29, 1.82) is 0 Å². The highest BCUT2D eigenvalue weighted by atomic mass is 16.5. The zero-order valence-corrected chi connectivity index (χ0v) is 16.4. The summed E-state index contributed by atoms with van der Waals surface area (Å²) in [5.74, 6) is 0.997. The van der Waals surface area contributed by atoms with Crippen LogP contribution in [0.1, 0.15) is 48.5 Å². The van der Waals surface area contributed by atoms with Gasteiger partial charge in [-0.05, 0) is 48.6 Å². The summed E-state index contributed by atoms with van der Waals surface area (Å²) in [6, 6.07) is 11.4. The van der Waals surface area contributed by atoms with Gasteiger partial charge in [-0.25, -0.2) is 0 Å². The maximum absolute atomic E-state index is 12.4. The van der Waals surface area contributed by atoms with Crippen molar-refractivity contribution in [2.75, 3.05) is 19.7 Å². The molecule has 1 aliphatic rings. The lowest BCUT2D eigenvalue weighted by atomic mass is 10.0. The average Bonchev–Trinajstić information content (AvgIpc) is 2.73. The van der Waals surface area contributed by atoms with E-state index < -0.39 is 0 Å². The number of piperidine rings is 1. The zero-order valence-electron chi connectivity index (χ0n) is 16.4. The van der Waals surface area contributed by atoms with E-state index in [4.69, 9.17) is 4.74 Å². The van der Waals surface area contributed by atoms with E-state index in [-0.39, 0.29) is 24.5 Å². The van der Waals surface area contributed by atoms with Crippen LogP contribution in [0, 0.1) is 0 Å². The van der Waals surface area contributed by atoms with E-state index in [1.54, 1.807) is 29.4 Å². The first-order valence-corrected chi connectivity index (χ1v) is 9.74. The molecule has 0 bridgehead atoms. The van der Waals surface area contributed by atoms with Crippen LogP contribution < -0.4 is 10.1 Å². The molecule has 0 radical (unpaired) electrons. The van der Waals surface area contributed by atoms with Crippen LogP contribution in [-0.4, -0.2) is 47.4 Å². The summed E-state index contributed by atoms with van der Waals surface area (Å²) in [7, 11) is 0. The molecule has 0 spiro atoms. The molecule has 0 atom stereocenters. The van der Waals surface area contributed by atoms with Crippen LogP contribution in [0.2, 0.25) is 0 Å². The van der Waals surface area contributed by atoms with E-state index in [1.807, 2.05) is 18.2 Å². The summed E-state index contributed by atoms with van der Waals surface area (Å²) in [6.45, 7) is 5.52. The second-order valence-corrected chi connectivity index (χ2v) is 7.39. The highest BCUT2D eigenvalue weighted by Crippen LogP contribution is 2.20. The number of pyridine rings is 1. The van der Waals surface area contributed by atoms with E-state index in [0.717, 1.165) is 18.6 Å². The Bertz CT molecular complexity index is 800. The van der Waals surface area contributed by atoms with Crippen LogP contribution in [0.3, 0.4) is 0 Å². The first-order chi connectivity index (χ1) is 13.5. The lowest BCUT2D eigenvalue weighted by Gasteiger charge is -2.32. The van der Waals surface area contributed by atoms with Gasteiger partial charge in [-0.1, -0.05) is 26.0 Å². The SMILES string of the molecule is CC(C)c1cccc(OCC(=O)N2CCC(NC(=O)c3cccnc3)CC2)c1. The molecule has 28 heavy (non-hydrogen) atoms. The molecule has 0 unspecified atom stereocenters. The van der Waals surface area contributed by atoms with Crippen LogP contribution in [0.15, 0.2) is 48.8 Å². The van der Waals surface area contributed by atoms with E-state index in [9.17, 15) is 9.59 Å². The monoisotopic (exact) mass is 381 g/mol. The molecule has 1 N–H and O–H groups in total. The van der Waals surface area contributed by atoms with Gasteiger partial charge in [-0.15, -0.1) is 0 Å². The Hall–Kier alpha value is -2.89. The average molecular weight is 381 g/mol. The molecule has 3 rings (SSSR count). The Morgan fingerprint density at radius 3 is 2.68 bits per heavy atom. The second kappa shape index (κ2) is 9.35. The van der Waals surface area contributed by atoms with Gasteiger partial charge in [0.15, 0.2) is 6.61 Å². The van der Waals surface area contributed by atoms with Crippen molar-refractivity contribution >= 4 is 11.8 Å². The summed E-state index contributed by atoms with van der Waals surface area (Å²) in [5.41, 5.74) is 1.74. The standard InChI is InChI=1S/C22H27N3O3/c1-16(2)17-5-3-7-20(13-17)28-15-21(26)25-11-8-19(9-12-25)24-22(27)18-6-4-10-23-14-18/h3-7,10,13-14,16,19H,8-9,11-12,15H2,1-2H3,(H,24,27). The lowest BCUT2D eigenvalue weighted by molar-refractivity contribution is -0.134. The first kappa shape index (κ1) is 19.9. The molecule has 0 aliphatic carbocycles. The van der Waals surface area contributed by atoms with Gasteiger partial charge in [-0.2, -0.15) is 0 Å². The van der Waals surface area contributed by atoms with Gasteiger partial charge < -0.3 is 15.0 Å². The largest absolute Gasteiger partial charge is 0.484 e. The van der Waals surface area contributed by atoms with Gasteiger partial charge in [0, 0.05) is 31.5 Å². The number of carbonyl (C=O) groups is 2. The van der Waals surface area contributed by atoms with Crippen molar-refractivity contribution in [3.05, 3.63) is 59.9 Å². The number of amides is 2. The minimum Gasteiger partial charge on any atom is -0.484 e. The van der Waals surface area contributed by atoms with Crippen molar-refractivity contribution in [3.8, 4) is 5.75 Å². The normalized spacial score (nSPS) is 14.8.